The number of hydrogen-bond acceptors (Lipinski definition) is 1. The lowest BCUT2D eigenvalue weighted by Crippen LogP contribution is -2.46. The molecule has 2 nitrogen and oxygen atoms in total. The molecular formula is C16H24N2S. The minimum absolute atomic E-state index is 0.561. The van der Waals surface area contributed by atoms with Crippen molar-refractivity contribution < 1.29 is 0 Å². The van der Waals surface area contributed by atoms with E-state index in [9.17, 15) is 0 Å². The minimum atomic E-state index is 0.561. The SMILES string of the molecule is CC1CCCCC1NC(=S)NCCc1ccccc1. The molecule has 0 aliphatic heterocycles. The third kappa shape index (κ3) is 4.83. The van der Waals surface area contributed by atoms with Crippen LogP contribution in [0.2, 0.25) is 0 Å². The molecule has 1 aromatic rings. The number of rotatable bonds is 4. The van der Waals surface area contributed by atoms with Crippen LogP contribution in [0.4, 0.5) is 0 Å². The normalized spacial score (nSPS) is 22.8. The van der Waals surface area contributed by atoms with Crippen molar-refractivity contribution in [2.75, 3.05) is 6.54 Å². The van der Waals surface area contributed by atoms with E-state index in [0.29, 0.717) is 6.04 Å². The smallest absolute Gasteiger partial charge is 0.166 e. The molecule has 0 radical (unpaired) electrons. The molecule has 1 aromatic carbocycles. The van der Waals surface area contributed by atoms with Crippen molar-refractivity contribution in [2.45, 2.75) is 45.1 Å². The van der Waals surface area contributed by atoms with E-state index in [1.165, 1.54) is 31.2 Å². The number of benzene rings is 1. The highest BCUT2D eigenvalue weighted by molar-refractivity contribution is 7.80. The van der Waals surface area contributed by atoms with Crippen LogP contribution < -0.4 is 10.6 Å². The average Bonchev–Trinajstić information content (AvgIpc) is 2.43. The van der Waals surface area contributed by atoms with Crippen LogP contribution in [0.5, 0.6) is 0 Å². The fourth-order valence-electron chi connectivity index (χ4n) is 2.72. The predicted molar refractivity (Wildman–Crippen MR) is 85.3 cm³/mol. The summed E-state index contributed by atoms with van der Waals surface area (Å²) in [7, 11) is 0. The lowest BCUT2D eigenvalue weighted by molar-refractivity contribution is 0.308. The molecule has 0 amide bonds. The van der Waals surface area contributed by atoms with Gasteiger partial charge in [-0.3, -0.25) is 0 Å². The Morgan fingerprint density at radius 1 is 1.21 bits per heavy atom. The molecule has 19 heavy (non-hydrogen) atoms. The third-order valence-corrected chi connectivity index (χ3v) is 4.23. The van der Waals surface area contributed by atoms with Crippen LogP contribution in [-0.2, 0) is 6.42 Å². The van der Waals surface area contributed by atoms with Gasteiger partial charge in [0.2, 0.25) is 0 Å². The minimum Gasteiger partial charge on any atom is -0.362 e. The Morgan fingerprint density at radius 2 is 1.95 bits per heavy atom. The van der Waals surface area contributed by atoms with E-state index in [4.69, 9.17) is 12.2 Å². The molecule has 0 saturated heterocycles. The first-order valence-electron chi connectivity index (χ1n) is 7.34. The quantitative estimate of drug-likeness (QED) is 0.825. The second-order valence-electron chi connectivity index (χ2n) is 5.50. The van der Waals surface area contributed by atoms with Gasteiger partial charge in [-0.25, -0.2) is 0 Å². The van der Waals surface area contributed by atoms with E-state index >= 15 is 0 Å². The van der Waals surface area contributed by atoms with E-state index < -0.39 is 0 Å². The van der Waals surface area contributed by atoms with Crippen molar-refractivity contribution in [3.8, 4) is 0 Å². The number of hydrogen-bond donors (Lipinski definition) is 2. The largest absolute Gasteiger partial charge is 0.362 e. The fourth-order valence-corrected chi connectivity index (χ4v) is 2.97. The van der Waals surface area contributed by atoms with Gasteiger partial charge < -0.3 is 10.6 Å². The van der Waals surface area contributed by atoms with E-state index in [0.717, 1.165) is 24.0 Å². The highest BCUT2D eigenvalue weighted by Crippen LogP contribution is 2.23. The summed E-state index contributed by atoms with van der Waals surface area (Å²) >= 11 is 5.38. The van der Waals surface area contributed by atoms with Gasteiger partial charge in [0, 0.05) is 12.6 Å². The molecule has 2 rings (SSSR count). The van der Waals surface area contributed by atoms with Crippen molar-refractivity contribution in [1.29, 1.82) is 0 Å². The van der Waals surface area contributed by atoms with E-state index in [-0.39, 0.29) is 0 Å². The Kier molecular flexibility index (Phi) is 5.64. The van der Waals surface area contributed by atoms with Crippen LogP contribution in [0.25, 0.3) is 0 Å². The summed E-state index contributed by atoms with van der Waals surface area (Å²) in [6.07, 6.45) is 6.29. The highest BCUT2D eigenvalue weighted by atomic mass is 32.1. The second kappa shape index (κ2) is 7.49. The maximum Gasteiger partial charge on any atom is 0.166 e. The monoisotopic (exact) mass is 276 g/mol. The molecule has 2 atom stereocenters. The zero-order valence-corrected chi connectivity index (χ0v) is 12.5. The Morgan fingerprint density at radius 3 is 2.68 bits per heavy atom. The van der Waals surface area contributed by atoms with Gasteiger partial charge in [0.25, 0.3) is 0 Å². The highest BCUT2D eigenvalue weighted by Gasteiger charge is 2.21. The maximum absolute atomic E-state index is 5.38. The van der Waals surface area contributed by atoms with E-state index in [1.807, 2.05) is 6.07 Å². The Bertz CT molecular complexity index is 391. The first kappa shape index (κ1) is 14.3. The molecule has 2 unspecified atom stereocenters. The third-order valence-electron chi connectivity index (χ3n) is 3.97. The lowest BCUT2D eigenvalue weighted by Gasteiger charge is -2.30. The maximum atomic E-state index is 5.38. The van der Waals surface area contributed by atoms with Gasteiger partial charge in [-0.1, -0.05) is 50.1 Å². The first-order valence-corrected chi connectivity index (χ1v) is 7.75. The summed E-state index contributed by atoms with van der Waals surface area (Å²) < 4.78 is 0. The van der Waals surface area contributed by atoms with Crippen LogP contribution in [-0.4, -0.2) is 17.7 Å². The summed E-state index contributed by atoms with van der Waals surface area (Å²) in [6.45, 7) is 3.22. The number of thiocarbonyl (C=S) groups is 1. The molecule has 0 heterocycles. The molecule has 2 N–H and O–H groups in total. The van der Waals surface area contributed by atoms with Crippen molar-refractivity contribution in [2.24, 2.45) is 5.92 Å². The zero-order valence-electron chi connectivity index (χ0n) is 11.7. The topological polar surface area (TPSA) is 24.1 Å². The van der Waals surface area contributed by atoms with Crippen LogP contribution >= 0.6 is 12.2 Å². The molecule has 104 valence electrons. The van der Waals surface area contributed by atoms with Gasteiger partial charge >= 0.3 is 0 Å². The molecule has 3 heteroatoms. The summed E-state index contributed by atoms with van der Waals surface area (Å²) in [6, 6.07) is 11.1. The standard InChI is InChI=1S/C16H24N2S/c1-13-7-5-6-10-15(13)18-16(19)17-12-11-14-8-3-2-4-9-14/h2-4,8-9,13,15H,5-7,10-12H2,1H3,(H2,17,18,19). The molecule has 1 aliphatic rings. The van der Waals surface area contributed by atoms with E-state index in [2.05, 4.69) is 41.8 Å². The van der Waals surface area contributed by atoms with Crippen molar-refractivity contribution >= 4 is 17.3 Å². The summed E-state index contributed by atoms with van der Waals surface area (Å²) in [5.74, 6) is 0.739. The number of nitrogens with one attached hydrogen (secondary N) is 2. The molecule has 1 saturated carbocycles. The van der Waals surface area contributed by atoms with Crippen molar-refractivity contribution in [3.05, 3.63) is 35.9 Å². The van der Waals surface area contributed by atoms with Gasteiger partial charge in [-0.05, 0) is 43.0 Å². The van der Waals surface area contributed by atoms with Crippen molar-refractivity contribution in [1.82, 2.24) is 10.6 Å². The molecule has 1 fully saturated rings. The Hall–Kier alpha value is -1.09. The van der Waals surface area contributed by atoms with Gasteiger partial charge in [0.15, 0.2) is 5.11 Å². The lowest BCUT2D eigenvalue weighted by atomic mass is 9.86. The van der Waals surface area contributed by atoms with Crippen molar-refractivity contribution in [3.63, 3.8) is 0 Å². The van der Waals surface area contributed by atoms with Crippen LogP contribution in [0.1, 0.15) is 38.2 Å². The van der Waals surface area contributed by atoms with Gasteiger partial charge in [0.1, 0.15) is 0 Å². The van der Waals surface area contributed by atoms with Crippen LogP contribution in [0.15, 0.2) is 30.3 Å². The second-order valence-corrected chi connectivity index (χ2v) is 5.91. The van der Waals surface area contributed by atoms with Gasteiger partial charge in [-0.2, -0.15) is 0 Å². The van der Waals surface area contributed by atoms with E-state index in [1.54, 1.807) is 0 Å². The van der Waals surface area contributed by atoms with Gasteiger partial charge in [-0.15, -0.1) is 0 Å². The molecule has 0 bridgehead atoms. The predicted octanol–water partition coefficient (Wildman–Crippen LogP) is 3.27. The summed E-state index contributed by atoms with van der Waals surface area (Å²) in [5.41, 5.74) is 1.35. The summed E-state index contributed by atoms with van der Waals surface area (Å²) in [4.78, 5) is 0. The molecule has 1 aliphatic carbocycles. The zero-order chi connectivity index (χ0) is 13.5. The summed E-state index contributed by atoms with van der Waals surface area (Å²) in [5, 5.41) is 7.61. The average molecular weight is 276 g/mol. The molecular weight excluding hydrogens is 252 g/mol. The first-order chi connectivity index (χ1) is 9.25. The van der Waals surface area contributed by atoms with Crippen LogP contribution in [0, 0.1) is 5.92 Å². The fraction of sp³-hybridized carbons (Fsp3) is 0.562. The molecule has 0 aromatic heterocycles. The van der Waals surface area contributed by atoms with Crippen LogP contribution in [0.3, 0.4) is 0 Å². The Labute approximate surface area is 122 Å². The molecule has 0 spiro atoms. The van der Waals surface area contributed by atoms with Gasteiger partial charge in [0.05, 0.1) is 0 Å². The Balaban J connectivity index is 1.67.